The average molecular weight is 390 g/mol. The molecule has 1 atom stereocenters. The molecule has 1 amide bonds. The lowest BCUT2D eigenvalue weighted by molar-refractivity contribution is -0.117. The van der Waals surface area contributed by atoms with Gasteiger partial charge in [-0.05, 0) is 42.3 Å². The number of aromatic nitrogens is 4. The summed E-state index contributed by atoms with van der Waals surface area (Å²) in [4.78, 5) is 29.3. The minimum Gasteiger partial charge on any atom is -0.325 e. The maximum absolute atomic E-state index is 12.5. The van der Waals surface area contributed by atoms with E-state index < -0.39 is 6.04 Å². The van der Waals surface area contributed by atoms with Gasteiger partial charge in [0, 0.05) is 24.6 Å². The third-order valence-corrected chi connectivity index (χ3v) is 4.79. The minimum atomic E-state index is -0.395. The molecule has 0 radical (unpaired) electrons. The van der Waals surface area contributed by atoms with E-state index in [0.717, 1.165) is 11.1 Å². The number of benzene rings is 2. The molecule has 0 aliphatic heterocycles. The second kappa shape index (κ2) is 8.15. The topological polar surface area (TPSA) is 108 Å². The van der Waals surface area contributed by atoms with E-state index in [1.807, 2.05) is 42.1 Å². The molecular weight excluding hydrogens is 368 g/mol. The molecule has 2 aromatic carbocycles. The van der Waals surface area contributed by atoms with E-state index in [0.29, 0.717) is 29.8 Å². The number of fused-ring (bicyclic) bond motifs is 1. The Labute approximate surface area is 167 Å². The number of carbonyl (C=O) groups is 1. The molecule has 0 bridgehead atoms. The van der Waals surface area contributed by atoms with Crippen molar-refractivity contribution in [2.24, 2.45) is 0 Å². The van der Waals surface area contributed by atoms with Gasteiger partial charge in [0.2, 0.25) is 5.91 Å². The van der Waals surface area contributed by atoms with Crippen LogP contribution < -0.4 is 16.3 Å². The number of hydrogen-bond acceptors (Lipinski definition) is 4. The van der Waals surface area contributed by atoms with Gasteiger partial charge in [0.05, 0.1) is 23.6 Å². The Balaban J connectivity index is 1.38. The van der Waals surface area contributed by atoms with Crippen LogP contribution in [0.25, 0.3) is 11.0 Å². The van der Waals surface area contributed by atoms with Crippen LogP contribution in [-0.2, 0) is 17.9 Å². The normalized spacial score (nSPS) is 12.2. The van der Waals surface area contributed by atoms with Crippen LogP contribution in [0, 0.1) is 0 Å². The van der Waals surface area contributed by atoms with Gasteiger partial charge in [0.15, 0.2) is 0 Å². The SMILES string of the molecule is C[C@H](NCc1ccccc1Cn1cccn1)C(=O)Nc1ccc2[nH]c(=O)[nH]c2c1. The summed E-state index contributed by atoms with van der Waals surface area (Å²) in [6, 6.07) is 14.9. The van der Waals surface area contributed by atoms with Crippen molar-refractivity contribution >= 4 is 22.6 Å². The zero-order chi connectivity index (χ0) is 20.2. The molecule has 8 nitrogen and oxygen atoms in total. The standard InChI is InChI=1S/C21H22N6O2/c1-14(20(28)24-17-7-8-18-19(11-17)26-21(29)25-18)22-12-15-5-2-3-6-16(15)13-27-10-4-9-23-27/h2-11,14,22H,12-13H2,1H3,(H,24,28)(H2,25,26,29)/t14-/m0/s1. The first-order chi connectivity index (χ1) is 14.1. The van der Waals surface area contributed by atoms with Crippen LogP contribution >= 0.6 is 0 Å². The summed E-state index contributed by atoms with van der Waals surface area (Å²) in [7, 11) is 0. The Kier molecular flexibility index (Phi) is 5.26. The number of imidazole rings is 1. The van der Waals surface area contributed by atoms with Crippen LogP contribution in [-0.4, -0.2) is 31.7 Å². The molecule has 29 heavy (non-hydrogen) atoms. The second-order valence-electron chi connectivity index (χ2n) is 6.90. The Hall–Kier alpha value is -3.65. The number of rotatable bonds is 7. The highest BCUT2D eigenvalue weighted by atomic mass is 16.2. The summed E-state index contributed by atoms with van der Waals surface area (Å²) in [6.45, 7) is 3.07. The van der Waals surface area contributed by atoms with E-state index in [1.165, 1.54) is 0 Å². The number of nitrogens with zero attached hydrogens (tertiary/aromatic N) is 2. The smallest absolute Gasteiger partial charge is 0.323 e. The van der Waals surface area contributed by atoms with Crippen molar-refractivity contribution in [3.05, 3.63) is 82.5 Å². The highest BCUT2D eigenvalue weighted by Gasteiger charge is 2.14. The molecule has 0 unspecified atom stereocenters. The Bertz CT molecular complexity index is 1180. The van der Waals surface area contributed by atoms with Gasteiger partial charge in [-0.3, -0.25) is 9.48 Å². The fourth-order valence-electron chi connectivity index (χ4n) is 3.17. The molecular formula is C21H22N6O2. The fourth-order valence-corrected chi connectivity index (χ4v) is 3.17. The van der Waals surface area contributed by atoms with E-state index in [-0.39, 0.29) is 11.6 Å². The summed E-state index contributed by atoms with van der Waals surface area (Å²) in [5.74, 6) is -0.146. The number of hydrogen-bond donors (Lipinski definition) is 4. The number of carbonyl (C=O) groups excluding carboxylic acids is 1. The number of anilines is 1. The highest BCUT2D eigenvalue weighted by molar-refractivity contribution is 5.96. The summed E-state index contributed by atoms with van der Waals surface area (Å²) in [5.41, 5.74) is 3.99. The molecule has 0 saturated carbocycles. The quantitative estimate of drug-likeness (QED) is 0.388. The summed E-state index contributed by atoms with van der Waals surface area (Å²) in [6.07, 6.45) is 3.68. The highest BCUT2D eigenvalue weighted by Crippen LogP contribution is 2.15. The Morgan fingerprint density at radius 1 is 1.10 bits per heavy atom. The monoisotopic (exact) mass is 390 g/mol. The second-order valence-corrected chi connectivity index (χ2v) is 6.90. The van der Waals surface area contributed by atoms with Gasteiger partial charge in [0.1, 0.15) is 0 Å². The van der Waals surface area contributed by atoms with Crippen molar-refractivity contribution in [3.63, 3.8) is 0 Å². The first kappa shape index (κ1) is 18.7. The number of nitrogens with one attached hydrogen (secondary N) is 4. The Morgan fingerprint density at radius 3 is 2.69 bits per heavy atom. The van der Waals surface area contributed by atoms with E-state index in [2.05, 4.69) is 31.8 Å². The van der Waals surface area contributed by atoms with Crippen LogP contribution in [0.3, 0.4) is 0 Å². The molecule has 2 aromatic heterocycles. The van der Waals surface area contributed by atoms with Gasteiger partial charge in [-0.15, -0.1) is 0 Å². The minimum absolute atomic E-state index is 0.146. The predicted octanol–water partition coefficient (Wildman–Crippen LogP) is 2.22. The number of H-pyrrole nitrogens is 2. The summed E-state index contributed by atoms with van der Waals surface area (Å²) < 4.78 is 1.87. The average Bonchev–Trinajstić information content (AvgIpc) is 3.35. The lowest BCUT2D eigenvalue weighted by Gasteiger charge is -2.16. The van der Waals surface area contributed by atoms with Crippen molar-refractivity contribution in [3.8, 4) is 0 Å². The van der Waals surface area contributed by atoms with Crippen molar-refractivity contribution in [1.82, 2.24) is 25.1 Å². The van der Waals surface area contributed by atoms with Crippen LogP contribution in [0.15, 0.2) is 65.7 Å². The van der Waals surface area contributed by atoms with E-state index >= 15 is 0 Å². The zero-order valence-corrected chi connectivity index (χ0v) is 16.0. The summed E-state index contributed by atoms with van der Waals surface area (Å²) >= 11 is 0. The third-order valence-electron chi connectivity index (χ3n) is 4.79. The van der Waals surface area contributed by atoms with Crippen LogP contribution in [0.1, 0.15) is 18.1 Å². The van der Waals surface area contributed by atoms with Gasteiger partial charge in [-0.1, -0.05) is 24.3 Å². The maximum atomic E-state index is 12.5. The molecule has 4 rings (SSSR count). The lowest BCUT2D eigenvalue weighted by atomic mass is 10.1. The van der Waals surface area contributed by atoms with E-state index in [1.54, 1.807) is 24.4 Å². The first-order valence-electron chi connectivity index (χ1n) is 9.39. The van der Waals surface area contributed by atoms with Crippen molar-refractivity contribution in [1.29, 1.82) is 0 Å². The number of amides is 1. The van der Waals surface area contributed by atoms with Crippen LogP contribution in [0.5, 0.6) is 0 Å². The molecule has 8 heteroatoms. The van der Waals surface area contributed by atoms with Crippen molar-refractivity contribution in [2.45, 2.75) is 26.1 Å². The van der Waals surface area contributed by atoms with Crippen LogP contribution in [0.4, 0.5) is 5.69 Å². The molecule has 2 heterocycles. The van der Waals surface area contributed by atoms with Gasteiger partial charge in [-0.25, -0.2) is 4.79 Å². The maximum Gasteiger partial charge on any atom is 0.323 e. The molecule has 0 fully saturated rings. The molecule has 4 N–H and O–H groups in total. The largest absolute Gasteiger partial charge is 0.325 e. The Morgan fingerprint density at radius 2 is 1.90 bits per heavy atom. The van der Waals surface area contributed by atoms with Crippen molar-refractivity contribution in [2.75, 3.05) is 5.32 Å². The summed E-state index contributed by atoms with van der Waals surface area (Å²) in [5, 5.41) is 10.4. The van der Waals surface area contributed by atoms with Crippen LogP contribution in [0.2, 0.25) is 0 Å². The van der Waals surface area contributed by atoms with Gasteiger partial charge in [-0.2, -0.15) is 5.10 Å². The lowest BCUT2D eigenvalue weighted by Crippen LogP contribution is -2.37. The molecule has 4 aromatic rings. The fraction of sp³-hybridized carbons (Fsp3) is 0.190. The zero-order valence-electron chi connectivity index (χ0n) is 16.0. The number of aromatic amines is 2. The third kappa shape index (κ3) is 4.44. The molecule has 0 aliphatic rings. The molecule has 0 saturated heterocycles. The molecule has 148 valence electrons. The predicted molar refractivity (Wildman–Crippen MR) is 112 cm³/mol. The van der Waals surface area contributed by atoms with Gasteiger partial charge < -0.3 is 20.6 Å². The van der Waals surface area contributed by atoms with Gasteiger partial charge >= 0.3 is 5.69 Å². The molecule has 0 spiro atoms. The van der Waals surface area contributed by atoms with Crippen molar-refractivity contribution < 1.29 is 4.79 Å². The molecule has 0 aliphatic carbocycles. The first-order valence-corrected chi connectivity index (χ1v) is 9.39. The van der Waals surface area contributed by atoms with E-state index in [9.17, 15) is 9.59 Å². The van der Waals surface area contributed by atoms with Gasteiger partial charge in [0.25, 0.3) is 0 Å². The van der Waals surface area contributed by atoms with E-state index in [4.69, 9.17) is 0 Å².